The average Bonchev–Trinajstić information content (AvgIpc) is 2.79. The normalized spacial score (nSPS) is 10.3. The van der Waals surface area contributed by atoms with Crippen molar-refractivity contribution in [2.45, 2.75) is 13.5 Å². The fraction of sp³-hybridized carbons (Fsp3) is 0.154. The van der Waals surface area contributed by atoms with Crippen LogP contribution in [0, 0.1) is 6.92 Å². The van der Waals surface area contributed by atoms with Gasteiger partial charge in [0.15, 0.2) is 0 Å². The number of carboxylic acids is 1. The van der Waals surface area contributed by atoms with Crippen molar-refractivity contribution in [1.29, 1.82) is 0 Å². The van der Waals surface area contributed by atoms with Gasteiger partial charge in [-0.2, -0.15) is 0 Å². The fourth-order valence-corrected chi connectivity index (χ4v) is 1.79. The smallest absolute Gasteiger partial charge is 0.338 e. The first kappa shape index (κ1) is 12.7. The van der Waals surface area contributed by atoms with Gasteiger partial charge in [-0.05, 0) is 30.7 Å². The summed E-state index contributed by atoms with van der Waals surface area (Å²) in [5, 5.41) is 8.76. The van der Waals surface area contributed by atoms with Crippen LogP contribution >= 0.6 is 15.9 Å². The maximum absolute atomic E-state index is 10.7. The Bertz CT molecular complexity index is 574. The third kappa shape index (κ3) is 2.92. The number of carboxylic acid groups (broad SMARTS) is 1. The lowest BCUT2D eigenvalue weighted by atomic mass is 10.2. The molecule has 0 radical (unpaired) electrons. The van der Waals surface area contributed by atoms with Gasteiger partial charge in [0, 0.05) is 4.47 Å². The molecule has 4 nitrogen and oxygen atoms in total. The van der Waals surface area contributed by atoms with E-state index in [0.717, 1.165) is 15.8 Å². The summed E-state index contributed by atoms with van der Waals surface area (Å²) in [6.45, 7) is 2.14. The van der Waals surface area contributed by atoms with Crippen LogP contribution in [0.5, 0.6) is 5.75 Å². The van der Waals surface area contributed by atoms with Crippen molar-refractivity contribution in [2.75, 3.05) is 0 Å². The van der Waals surface area contributed by atoms with Gasteiger partial charge >= 0.3 is 5.97 Å². The van der Waals surface area contributed by atoms with Gasteiger partial charge in [0.25, 0.3) is 0 Å². The minimum Gasteiger partial charge on any atom is -0.485 e. The number of hydrogen-bond donors (Lipinski definition) is 1. The van der Waals surface area contributed by atoms with Crippen LogP contribution in [0.4, 0.5) is 0 Å². The molecule has 0 saturated heterocycles. The maximum Gasteiger partial charge on any atom is 0.338 e. The molecule has 18 heavy (non-hydrogen) atoms. The van der Waals surface area contributed by atoms with E-state index in [1.807, 2.05) is 25.1 Å². The van der Waals surface area contributed by atoms with Crippen LogP contribution in [0.3, 0.4) is 0 Å². The monoisotopic (exact) mass is 310 g/mol. The van der Waals surface area contributed by atoms with Crippen molar-refractivity contribution in [3.63, 3.8) is 0 Å². The highest BCUT2D eigenvalue weighted by Gasteiger charge is 2.09. The number of halogens is 1. The molecule has 5 heteroatoms. The zero-order valence-corrected chi connectivity index (χ0v) is 11.2. The molecule has 1 aromatic carbocycles. The summed E-state index contributed by atoms with van der Waals surface area (Å²) in [5.74, 6) is 0.202. The fourth-order valence-electron chi connectivity index (χ4n) is 1.45. The number of ether oxygens (including phenoxy) is 1. The van der Waals surface area contributed by atoms with E-state index in [1.165, 1.54) is 12.3 Å². The van der Waals surface area contributed by atoms with Crippen molar-refractivity contribution in [3.05, 3.63) is 51.9 Å². The van der Waals surface area contributed by atoms with Crippen molar-refractivity contribution in [1.82, 2.24) is 0 Å². The Morgan fingerprint density at radius 2 is 2.22 bits per heavy atom. The topological polar surface area (TPSA) is 59.7 Å². The van der Waals surface area contributed by atoms with Crippen LogP contribution in [-0.2, 0) is 6.61 Å². The average molecular weight is 311 g/mol. The summed E-state index contributed by atoms with van der Waals surface area (Å²) in [7, 11) is 0. The van der Waals surface area contributed by atoms with E-state index in [1.54, 1.807) is 0 Å². The Morgan fingerprint density at radius 3 is 2.89 bits per heavy atom. The maximum atomic E-state index is 10.7. The number of hydrogen-bond acceptors (Lipinski definition) is 3. The number of aromatic carboxylic acids is 1. The Labute approximate surface area is 112 Å². The Morgan fingerprint density at radius 1 is 1.44 bits per heavy atom. The lowest BCUT2D eigenvalue weighted by Gasteiger charge is -2.07. The lowest BCUT2D eigenvalue weighted by molar-refractivity contribution is 0.0696. The van der Waals surface area contributed by atoms with E-state index >= 15 is 0 Å². The standard InChI is InChI=1S/C13H11BrO4/c1-8-2-3-10(14)5-12(8)18-7-11-4-9(6-17-11)13(15)16/h2-6H,7H2,1H3,(H,15,16). The van der Waals surface area contributed by atoms with Crippen LogP contribution in [0.2, 0.25) is 0 Å². The van der Waals surface area contributed by atoms with Crippen LogP contribution in [0.1, 0.15) is 21.7 Å². The summed E-state index contributed by atoms with van der Waals surface area (Å²) in [5.41, 5.74) is 1.13. The molecule has 0 spiro atoms. The zero-order valence-electron chi connectivity index (χ0n) is 9.64. The molecule has 0 fully saturated rings. The van der Waals surface area contributed by atoms with Crippen LogP contribution in [0.25, 0.3) is 0 Å². The van der Waals surface area contributed by atoms with Crippen molar-refractivity contribution < 1.29 is 19.1 Å². The Kier molecular flexibility index (Phi) is 3.72. The Hall–Kier alpha value is -1.75. The first-order chi connectivity index (χ1) is 8.56. The van der Waals surface area contributed by atoms with Gasteiger partial charge in [-0.15, -0.1) is 0 Å². The third-order valence-corrected chi connectivity index (χ3v) is 2.91. The molecule has 2 aromatic rings. The number of rotatable bonds is 4. The molecule has 0 saturated carbocycles. The molecular formula is C13H11BrO4. The second-order valence-corrected chi connectivity index (χ2v) is 4.72. The third-order valence-electron chi connectivity index (χ3n) is 2.42. The van der Waals surface area contributed by atoms with Crippen molar-refractivity contribution >= 4 is 21.9 Å². The van der Waals surface area contributed by atoms with Gasteiger partial charge in [-0.25, -0.2) is 4.79 Å². The quantitative estimate of drug-likeness (QED) is 0.936. The summed E-state index contributed by atoms with van der Waals surface area (Å²) in [6, 6.07) is 7.17. The molecule has 1 heterocycles. The van der Waals surface area contributed by atoms with Gasteiger partial charge < -0.3 is 14.3 Å². The molecule has 0 aliphatic carbocycles. The molecule has 2 rings (SSSR count). The van der Waals surface area contributed by atoms with Gasteiger partial charge in [-0.3, -0.25) is 0 Å². The van der Waals surface area contributed by atoms with Crippen molar-refractivity contribution in [2.24, 2.45) is 0 Å². The molecule has 0 aliphatic rings. The van der Waals surface area contributed by atoms with E-state index in [-0.39, 0.29) is 12.2 Å². The molecule has 0 bridgehead atoms. The van der Waals surface area contributed by atoms with Gasteiger partial charge in [0.05, 0.1) is 5.56 Å². The largest absolute Gasteiger partial charge is 0.485 e. The zero-order chi connectivity index (χ0) is 13.1. The SMILES string of the molecule is Cc1ccc(Br)cc1OCc1cc(C(=O)O)co1. The highest BCUT2D eigenvalue weighted by atomic mass is 79.9. The van der Waals surface area contributed by atoms with Crippen LogP contribution in [-0.4, -0.2) is 11.1 Å². The van der Waals surface area contributed by atoms with Gasteiger partial charge in [-0.1, -0.05) is 22.0 Å². The number of carbonyl (C=O) groups is 1. The van der Waals surface area contributed by atoms with Gasteiger partial charge in [0.2, 0.25) is 0 Å². The number of furan rings is 1. The van der Waals surface area contributed by atoms with Gasteiger partial charge in [0.1, 0.15) is 24.4 Å². The summed E-state index contributed by atoms with van der Waals surface area (Å²) in [4.78, 5) is 10.7. The highest BCUT2D eigenvalue weighted by Crippen LogP contribution is 2.24. The molecule has 0 unspecified atom stereocenters. The second kappa shape index (κ2) is 5.27. The van der Waals surface area contributed by atoms with E-state index in [4.69, 9.17) is 14.3 Å². The predicted octanol–water partition coefficient (Wildman–Crippen LogP) is 3.63. The van der Waals surface area contributed by atoms with E-state index in [2.05, 4.69) is 15.9 Å². The van der Waals surface area contributed by atoms with E-state index < -0.39 is 5.97 Å². The molecule has 0 amide bonds. The molecule has 1 aromatic heterocycles. The van der Waals surface area contributed by atoms with Crippen molar-refractivity contribution in [3.8, 4) is 5.75 Å². The molecule has 94 valence electrons. The first-order valence-corrected chi connectivity index (χ1v) is 6.05. The number of benzene rings is 1. The lowest BCUT2D eigenvalue weighted by Crippen LogP contribution is -1.96. The molecule has 0 atom stereocenters. The Balaban J connectivity index is 2.06. The summed E-state index contributed by atoms with van der Waals surface area (Å²) in [6.07, 6.45) is 1.20. The summed E-state index contributed by atoms with van der Waals surface area (Å²) >= 11 is 3.36. The van der Waals surface area contributed by atoms with Crippen LogP contribution < -0.4 is 4.74 Å². The predicted molar refractivity (Wildman–Crippen MR) is 68.9 cm³/mol. The molecule has 0 aliphatic heterocycles. The van der Waals surface area contributed by atoms with Crippen LogP contribution in [0.15, 0.2) is 39.4 Å². The second-order valence-electron chi connectivity index (χ2n) is 3.81. The van der Waals surface area contributed by atoms with E-state index in [9.17, 15) is 4.79 Å². The molecule has 1 N–H and O–H groups in total. The summed E-state index contributed by atoms with van der Waals surface area (Å²) < 4.78 is 11.6. The first-order valence-electron chi connectivity index (χ1n) is 5.26. The minimum absolute atomic E-state index is 0.125. The van der Waals surface area contributed by atoms with E-state index in [0.29, 0.717) is 5.76 Å². The minimum atomic E-state index is -1.01. The number of aryl methyl sites for hydroxylation is 1. The molecular weight excluding hydrogens is 300 g/mol. The highest BCUT2D eigenvalue weighted by molar-refractivity contribution is 9.10.